The van der Waals surface area contributed by atoms with Crippen molar-refractivity contribution in [2.24, 2.45) is 0 Å². The third kappa shape index (κ3) is 2.29. The molecule has 2 aromatic rings. The van der Waals surface area contributed by atoms with Gasteiger partial charge in [0.15, 0.2) is 5.69 Å². The van der Waals surface area contributed by atoms with Gasteiger partial charge in [-0.15, -0.1) is 5.10 Å². The lowest BCUT2D eigenvalue weighted by Crippen LogP contribution is -2.48. The van der Waals surface area contributed by atoms with Crippen LogP contribution >= 0.6 is 0 Å². The summed E-state index contributed by atoms with van der Waals surface area (Å²) < 4.78 is 14.6. The van der Waals surface area contributed by atoms with Crippen LogP contribution in [0.2, 0.25) is 0 Å². The summed E-state index contributed by atoms with van der Waals surface area (Å²) in [5, 5.41) is 25.2. The summed E-state index contributed by atoms with van der Waals surface area (Å²) >= 11 is 0. The molecule has 0 spiro atoms. The van der Waals surface area contributed by atoms with E-state index < -0.39 is 11.8 Å². The molecule has 0 saturated carbocycles. The lowest BCUT2D eigenvalue weighted by atomic mass is 10.1. The molecule has 21 heavy (non-hydrogen) atoms. The average Bonchev–Trinajstić information content (AvgIpc) is 2.88. The molecule has 1 aromatic heterocycles. The number of aromatic carboxylic acids is 1. The molecular formula is C13H10FN5O2. The molecule has 2 heterocycles. The Morgan fingerprint density at radius 3 is 2.86 bits per heavy atom. The SMILES string of the molecule is N#Cc1cc(F)ccc1N1CC(n2cc(C(=O)O)nn2)C1. The van der Waals surface area contributed by atoms with Gasteiger partial charge in [0.05, 0.1) is 23.5 Å². The van der Waals surface area contributed by atoms with Crippen molar-refractivity contribution in [1.29, 1.82) is 5.26 Å². The number of anilines is 1. The quantitative estimate of drug-likeness (QED) is 0.906. The largest absolute Gasteiger partial charge is 0.476 e. The molecule has 1 aromatic carbocycles. The van der Waals surface area contributed by atoms with Gasteiger partial charge < -0.3 is 10.0 Å². The van der Waals surface area contributed by atoms with Crippen molar-refractivity contribution in [1.82, 2.24) is 15.0 Å². The maximum Gasteiger partial charge on any atom is 0.358 e. The monoisotopic (exact) mass is 287 g/mol. The molecule has 1 N–H and O–H groups in total. The lowest BCUT2D eigenvalue weighted by molar-refractivity contribution is 0.0690. The Morgan fingerprint density at radius 1 is 1.48 bits per heavy atom. The minimum Gasteiger partial charge on any atom is -0.476 e. The molecular weight excluding hydrogens is 277 g/mol. The summed E-state index contributed by atoms with van der Waals surface area (Å²) in [5.74, 6) is -1.57. The molecule has 0 amide bonds. The molecule has 8 heteroatoms. The maximum atomic E-state index is 13.1. The molecule has 1 saturated heterocycles. The fourth-order valence-corrected chi connectivity index (χ4v) is 2.25. The van der Waals surface area contributed by atoms with Crippen molar-refractivity contribution < 1.29 is 14.3 Å². The fraction of sp³-hybridized carbons (Fsp3) is 0.231. The third-order valence-electron chi connectivity index (χ3n) is 3.39. The Bertz CT molecular complexity index is 745. The molecule has 3 rings (SSSR count). The highest BCUT2D eigenvalue weighted by atomic mass is 19.1. The number of carboxylic acids is 1. The second-order valence-corrected chi connectivity index (χ2v) is 4.72. The number of carboxylic acid groups (broad SMARTS) is 1. The van der Waals surface area contributed by atoms with Crippen molar-refractivity contribution in [2.75, 3.05) is 18.0 Å². The Balaban J connectivity index is 1.73. The summed E-state index contributed by atoms with van der Waals surface area (Å²) in [4.78, 5) is 12.7. The van der Waals surface area contributed by atoms with Gasteiger partial charge in [0.2, 0.25) is 0 Å². The predicted octanol–water partition coefficient (Wildman–Crippen LogP) is 1.05. The van der Waals surface area contributed by atoms with Crippen molar-refractivity contribution >= 4 is 11.7 Å². The fourth-order valence-electron chi connectivity index (χ4n) is 2.25. The van der Waals surface area contributed by atoms with Gasteiger partial charge in [-0.1, -0.05) is 5.21 Å². The van der Waals surface area contributed by atoms with E-state index in [1.165, 1.54) is 23.0 Å². The second-order valence-electron chi connectivity index (χ2n) is 4.72. The minimum atomic E-state index is -1.12. The Morgan fingerprint density at radius 2 is 2.24 bits per heavy atom. The van der Waals surface area contributed by atoms with Gasteiger partial charge in [-0.25, -0.2) is 13.9 Å². The molecule has 1 aliphatic rings. The molecule has 0 unspecified atom stereocenters. The zero-order chi connectivity index (χ0) is 15.0. The Hall–Kier alpha value is -2.95. The number of hydrogen-bond donors (Lipinski definition) is 1. The first kappa shape index (κ1) is 13.1. The number of nitriles is 1. The highest BCUT2D eigenvalue weighted by molar-refractivity contribution is 5.84. The smallest absolute Gasteiger partial charge is 0.358 e. The van der Waals surface area contributed by atoms with Gasteiger partial charge in [0.25, 0.3) is 0 Å². The number of aromatic nitrogens is 3. The first-order valence-corrected chi connectivity index (χ1v) is 6.18. The zero-order valence-corrected chi connectivity index (χ0v) is 10.8. The summed E-state index contributed by atoms with van der Waals surface area (Å²) in [5.41, 5.74) is 0.833. The van der Waals surface area contributed by atoms with Crippen LogP contribution in [0.5, 0.6) is 0 Å². The van der Waals surface area contributed by atoms with E-state index in [4.69, 9.17) is 10.4 Å². The normalized spacial score (nSPS) is 14.6. The first-order valence-electron chi connectivity index (χ1n) is 6.18. The molecule has 0 atom stereocenters. The minimum absolute atomic E-state index is 0.0119. The van der Waals surface area contributed by atoms with Gasteiger partial charge in [0.1, 0.15) is 11.9 Å². The highest BCUT2D eigenvalue weighted by Crippen LogP contribution is 2.30. The van der Waals surface area contributed by atoms with Gasteiger partial charge >= 0.3 is 5.97 Å². The number of halogens is 1. The standard InChI is InChI=1S/C13H10FN5O2/c14-9-1-2-12(8(3-9)4-15)18-5-10(6-18)19-7-11(13(20)21)16-17-19/h1-3,7,10H,5-6H2,(H,20,21). The third-order valence-corrected chi connectivity index (χ3v) is 3.39. The number of benzene rings is 1. The van der Waals surface area contributed by atoms with Crippen LogP contribution in [0, 0.1) is 17.1 Å². The summed E-state index contributed by atoms with van der Waals surface area (Å²) in [7, 11) is 0. The van der Waals surface area contributed by atoms with Crippen LogP contribution < -0.4 is 4.90 Å². The first-order chi connectivity index (χ1) is 10.1. The molecule has 0 aliphatic carbocycles. The Labute approximate surface area is 118 Å². The number of carbonyl (C=O) groups is 1. The molecule has 1 aliphatic heterocycles. The predicted molar refractivity (Wildman–Crippen MR) is 69.3 cm³/mol. The lowest BCUT2D eigenvalue weighted by Gasteiger charge is -2.41. The van der Waals surface area contributed by atoms with Crippen molar-refractivity contribution in [3.05, 3.63) is 41.5 Å². The second kappa shape index (κ2) is 4.86. The van der Waals surface area contributed by atoms with E-state index in [0.29, 0.717) is 18.8 Å². The molecule has 1 fully saturated rings. The van der Waals surface area contributed by atoms with Crippen LogP contribution in [-0.2, 0) is 0 Å². The van der Waals surface area contributed by atoms with E-state index in [2.05, 4.69) is 10.3 Å². The van der Waals surface area contributed by atoms with Crippen LogP contribution in [0.15, 0.2) is 24.4 Å². The van der Waals surface area contributed by atoms with Crippen molar-refractivity contribution in [2.45, 2.75) is 6.04 Å². The van der Waals surface area contributed by atoms with Crippen LogP contribution in [0.25, 0.3) is 0 Å². The maximum absolute atomic E-state index is 13.1. The van der Waals surface area contributed by atoms with Gasteiger partial charge in [-0.2, -0.15) is 5.26 Å². The van der Waals surface area contributed by atoms with E-state index in [1.807, 2.05) is 11.0 Å². The van der Waals surface area contributed by atoms with Crippen LogP contribution in [-0.4, -0.2) is 39.2 Å². The molecule has 7 nitrogen and oxygen atoms in total. The van der Waals surface area contributed by atoms with E-state index in [0.717, 1.165) is 0 Å². The number of rotatable bonds is 3. The van der Waals surface area contributed by atoms with E-state index in [9.17, 15) is 9.18 Å². The number of nitrogens with zero attached hydrogens (tertiary/aromatic N) is 5. The summed E-state index contributed by atoms with van der Waals surface area (Å²) in [6.45, 7) is 1.12. The van der Waals surface area contributed by atoms with Gasteiger partial charge in [0, 0.05) is 13.1 Å². The van der Waals surface area contributed by atoms with Crippen LogP contribution in [0.4, 0.5) is 10.1 Å². The van der Waals surface area contributed by atoms with Gasteiger partial charge in [-0.3, -0.25) is 0 Å². The topological polar surface area (TPSA) is 95.0 Å². The van der Waals surface area contributed by atoms with Crippen LogP contribution in [0.3, 0.4) is 0 Å². The number of hydrogen-bond acceptors (Lipinski definition) is 5. The van der Waals surface area contributed by atoms with Crippen LogP contribution in [0.1, 0.15) is 22.1 Å². The van der Waals surface area contributed by atoms with Gasteiger partial charge in [-0.05, 0) is 18.2 Å². The molecule has 106 valence electrons. The Kier molecular flexibility index (Phi) is 3.02. The molecule has 0 radical (unpaired) electrons. The summed E-state index contributed by atoms with van der Waals surface area (Å²) in [6, 6.07) is 6.02. The van der Waals surface area contributed by atoms with E-state index >= 15 is 0 Å². The summed E-state index contributed by atoms with van der Waals surface area (Å²) in [6.07, 6.45) is 1.38. The van der Waals surface area contributed by atoms with E-state index in [-0.39, 0.29) is 17.3 Å². The molecule has 0 bridgehead atoms. The van der Waals surface area contributed by atoms with Crippen molar-refractivity contribution in [3.63, 3.8) is 0 Å². The van der Waals surface area contributed by atoms with Crippen molar-refractivity contribution in [3.8, 4) is 6.07 Å². The average molecular weight is 287 g/mol. The highest BCUT2D eigenvalue weighted by Gasteiger charge is 2.31. The zero-order valence-electron chi connectivity index (χ0n) is 10.8. The van der Waals surface area contributed by atoms with E-state index in [1.54, 1.807) is 6.07 Å².